The van der Waals surface area contributed by atoms with Crippen molar-refractivity contribution < 1.29 is 9.21 Å². The molecule has 2 aromatic carbocycles. The van der Waals surface area contributed by atoms with E-state index in [9.17, 15) is 4.79 Å². The van der Waals surface area contributed by atoms with E-state index in [0.29, 0.717) is 11.5 Å². The third kappa shape index (κ3) is 5.41. The van der Waals surface area contributed by atoms with Crippen LogP contribution in [0.1, 0.15) is 30.2 Å². The van der Waals surface area contributed by atoms with E-state index in [1.54, 1.807) is 6.07 Å². The topological polar surface area (TPSA) is 68.0 Å². The fourth-order valence-electron chi connectivity index (χ4n) is 3.07. The lowest BCUT2D eigenvalue weighted by molar-refractivity contribution is 0.0913. The summed E-state index contributed by atoms with van der Waals surface area (Å²) in [6.07, 6.45) is 0. The highest BCUT2D eigenvalue weighted by Crippen LogP contribution is 2.26. The molecule has 0 aliphatic heterocycles. The van der Waals surface area contributed by atoms with Gasteiger partial charge in [-0.3, -0.25) is 4.79 Å². The first-order chi connectivity index (χ1) is 15.1. The number of rotatable bonds is 7. The molecule has 0 spiro atoms. The van der Waals surface area contributed by atoms with Crippen molar-refractivity contribution in [2.75, 3.05) is 0 Å². The number of thioether (sulfide) groups is 1. The molecular formula is C25H23N3O2S. The zero-order valence-electron chi connectivity index (χ0n) is 17.4. The third-order valence-electron chi connectivity index (χ3n) is 4.60. The van der Waals surface area contributed by atoms with Crippen LogP contribution in [0.4, 0.5) is 0 Å². The van der Waals surface area contributed by atoms with Gasteiger partial charge in [-0.25, -0.2) is 0 Å². The lowest BCUT2D eigenvalue weighted by Gasteiger charge is -2.05. The van der Waals surface area contributed by atoms with Gasteiger partial charge in [-0.1, -0.05) is 66.4 Å². The van der Waals surface area contributed by atoms with Gasteiger partial charge in [0.05, 0.1) is 11.4 Å². The van der Waals surface area contributed by atoms with Gasteiger partial charge < -0.3 is 9.73 Å². The Hall–Kier alpha value is -3.38. The number of benzene rings is 2. The van der Waals surface area contributed by atoms with Crippen molar-refractivity contribution in [2.45, 2.75) is 30.7 Å². The Bertz CT molecular complexity index is 1140. The number of carbonyl (C=O) groups excluding carboxylic acids is 1. The normalized spacial score (nSPS) is 10.9. The fourth-order valence-corrected chi connectivity index (χ4v) is 3.78. The molecule has 0 atom stereocenters. The maximum Gasteiger partial charge on any atom is 0.287 e. The molecule has 1 N–H and O–H groups in total. The summed E-state index contributed by atoms with van der Waals surface area (Å²) >= 11 is 1.52. The molecule has 6 heteroatoms. The molecule has 2 aromatic heterocycles. The van der Waals surface area contributed by atoms with Crippen LogP contribution < -0.4 is 5.32 Å². The molecule has 0 radical (unpaired) electrons. The number of aromatic nitrogens is 2. The van der Waals surface area contributed by atoms with Gasteiger partial charge in [-0.05, 0) is 49.2 Å². The number of nitrogens with zero attached hydrogens (tertiary/aromatic N) is 2. The van der Waals surface area contributed by atoms with Gasteiger partial charge in [0.2, 0.25) is 0 Å². The summed E-state index contributed by atoms with van der Waals surface area (Å²) in [5.74, 6) is 1.43. The van der Waals surface area contributed by atoms with Gasteiger partial charge in [0.25, 0.3) is 5.91 Å². The van der Waals surface area contributed by atoms with Crippen molar-refractivity contribution in [1.82, 2.24) is 15.5 Å². The molecule has 0 aliphatic rings. The summed E-state index contributed by atoms with van der Waals surface area (Å²) in [5.41, 5.74) is 4.21. The summed E-state index contributed by atoms with van der Waals surface area (Å²) in [5, 5.41) is 12.3. The lowest BCUT2D eigenvalue weighted by atomic mass is 10.0. The maximum atomic E-state index is 12.0. The van der Waals surface area contributed by atoms with Crippen LogP contribution in [0.5, 0.6) is 0 Å². The van der Waals surface area contributed by atoms with Gasteiger partial charge >= 0.3 is 0 Å². The minimum atomic E-state index is -0.200. The lowest BCUT2D eigenvalue weighted by Crippen LogP contribution is -2.29. The van der Waals surface area contributed by atoms with Crippen molar-refractivity contribution in [3.8, 4) is 22.4 Å². The third-order valence-corrected chi connectivity index (χ3v) is 5.54. The zero-order chi connectivity index (χ0) is 21.6. The second-order valence-electron chi connectivity index (χ2n) is 7.38. The van der Waals surface area contributed by atoms with Gasteiger partial charge in [-0.15, -0.1) is 10.2 Å². The number of amides is 1. The molecule has 0 fully saturated rings. The molecule has 31 heavy (non-hydrogen) atoms. The van der Waals surface area contributed by atoms with E-state index in [1.165, 1.54) is 22.9 Å². The SMILES string of the molecule is CC(C)NC(=O)c1ccc(CSc2ccc(-c3ccc(-c4ccccc4)cc3)nn2)o1. The van der Waals surface area contributed by atoms with E-state index < -0.39 is 0 Å². The Morgan fingerprint density at radius 2 is 1.58 bits per heavy atom. The predicted molar refractivity (Wildman–Crippen MR) is 124 cm³/mol. The first-order valence-electron chi connectivity index (χ1n) is 10.1. The highest BCUT2D eigenvalue weighted by molar-refractivity contribution is 7.98. The molecule has 0 saturated heterocycles. The number of carbonyl (C=O) groups is 1. The fraction of sp³-hybridized carbons (Fsp3) is 0.160. The standard InChI is InChI=1S/C25H23N3O2S/c1-17(2)26-25(29)23-14-12-21(30-23)16-31-24-15-13-22(27-28-24)20-10-8-19(9-11-20)18-6-4-3-5-7-18/h3-15,17H,16H2,1-2H3,(H,26,29). The minimum Gasteiger partial charge on any atom is -0.455 e. The van der Waals surface area contributed by atoms with E-state index in [2.05, 4.69) is 51.9 Å². The molecule has 0 unspecified atom stereocenters. The van der Waals surface area contributed by atoms with Crippen molar-refractivity contribution in [2.24, 2.45) is 0 Å². The minimum absolute atomic E-state index is 0.0683. The van der Waals surface area contributed by atoms with E-state index >= 15 is 0 Å². The van der Waals surface area contributed by atoms with Gasteiger partial charge in [0.1, 0.15) is 10.8 Å². The molecule has 0 aliphatic carbocycles. The average molecular weight is 430 g/mol. The first-order valence-corrected chi connectivity index (χ1v) is 11.1. The van der Waals surface area contributed by atoms with Crippen molar-refractivity contribution in [3.63, 3.8) is 0 Å². The van der Waals surface area contributed by atoms with E-state index in [4.69, 9.17) is 4.42 Å². The van der Waals surface area contributed by atoms with Crippen LogP contribution >= 0.6 is 11.8 Å². The van der Waals surface area contributed by atoms with Crippen LogP contribution in [0, 0.1) is 0 Å². The van der Waals surface area contributed by atoms with Crippen LogP contribution in [0.3, 0.4) is 0 Å². The summed E-state index contributed by atoms with van der Waals surface area (Å²) in [6, 6.07) is 26.1. The number of hydrogen-bond acceptors (Lipinski definition) is 5. The van der Waals surface area contributed by atoms with Crippen LogP contribution in [0.2, 0.25) is 0 Å². The van der Waals surface area contributed by atoms with Crippen LogP contribution in [-0.4, -0.2) is 22.1 Å². The van der Waals surface area contributed by atoms with Crippen LogP contribution in [-0.2, 0) is 5.75 Å². The number of hydrogen-bond donors (Lipinski definition) is 1. The van der Waals surface area contributed by atoms with Crippen molar-refractivity contribution in [3.05, 3.63) is 90.4 Å². The monoisotopic (exact) mass is 429 g/mol. The Morgan fingerprint density at radius 1 is 0.871 bits per heavy atom. The Balaban J connectivity index is 1.36. The average Bonchev–Trinajstić information content (AvgIpc) is 3.28. The summed E-state index contributed by atoms with van der Waals surface area (Å²) in [4.78, 5) is 12.0. The first kappa shape index (κ1) is 20.9. The zero-order valence-corrected chi connectivity index (χ0v) is 18.2. The number of nitrogens with one attached hydrogen (secondary N) is 1. The second kappa shape index (κ2) is 9.62. The quantitative estimate of drug-likeness (QED) is 0.374. The number of furan rings is 1. The van der Waals surface area contributed by atoms with Crippen molar-refractivity contribution in [1.29, 1.82) is 0 Å². The van der Waals surface area contributed by atoms with Gasteiger partial charge in [0, 0.05) is 11.6 Å². The molecule has 0 bridgehead atoms. The molecular weight excluding hydrogens is 406 g/mol. The largest absolute Gasteiger partial charge is 0.455 e. The molecule has 2 heterocycles. The molecule has 5 nitrogen and oxygen atoms in total. The van der Waals surface area contributed by atoms with E-state index in [-0.39, 0.29) is 11.9 Å². The van der Waals surface area contributed by atoms with E-state index in [0.717, 1.165) is 22.0 Å². The van der Waals surface area contributed by atoms with E-state index in [1.807, 2.05) is 50.2 Å². The smallest absolute Gasteiger partial charge is 0.287 e. The molecule has 0 saturated carbocycles. The second-order valence-corrected chi connectivity index (χ2v) is 8.38. The van der Waals surface area contributed by atoms with Gasteiger partial charge in [0.15, 0.2) is 5.76 Å². The Labute approximate surface area is 185 Å². The molecule has 4 aromatic rings. The predicted octanol–water partition coefficient (Wildman–Crippen LogP) is 5.83. The summed E-state index contributed by atoms with van der Waals surface area (Å²) in [7, 11) is 0. The summed E-state index contributed by atoms with van der Waals surface area (Å²) in [6.45, 7) is 3.83. The van der Waals surface area contributed by atoms with Crippen LogP contribution in [0.25, 0.3) is 22.4 Å². The maximum absolute atomic E-state index is 12.0. The molecule has 156 valence electrons. The van der Waals surface area contributed by atoms with Crippen LogP contribution in [0.15, 0.2) is 88.3 Å². The summed E-state index contributed by atoms with van der Waals surface area (Å²) < 4.78 is 5.63. The van der Waals surface area contributed by atoms with Gasteiger partial charge in [-0.2, -0.15) is 0 Å². The Kier molecular flexibility index (Phi) is 6.48. The van der Waals surface area contributed by atoms with Crippen molar-refractivity contribution >= 4 is 17.7 Å². The Morgan fingerprint density at radius 3 is 2.26 bits per heavy atom. The highest BCUT2D eigenvalue weighted by Gasteiger charge is 2.12. The molecule has 4 rings (SSSR count). The molecule has 1 amide bonds. The highest BCUT2D eigenvalue weighted by atomic mass is 32.2.